The summed E-state index contributed by atoms with van der Waals surface area (Å²) in [5.74, 6) is 2.11. The van der Waals surface area contributed by atoms with Crippen LogP contribution in [0.25, 0.3) is 0 Å². The summed E-state index contributed by atoms with van der Waals surface area (Å²) in [6, 6.07) is 6.69. The van der Waals surface area contributed by atoms with Crippen LogP contribution in [-0.4, -0.2) is 41.0 Å². The van der Waals surface area contributed by atoms with Gasteiger partial charge in [-0.15, -0.1) is 0 Å². The van der Waals surface area contributed by atoms with Crippen molar-refractivity contribution in [2.45, 2.75) is 83.8 Å². The number of aryl methyl sites for hydroxylation is 4. The van der Waals surface area contributed by atoms with Crippen molar-refractivity contribution in [1.82, 2.24) is 26.1 Å². The van der Waals surface area contributed by atoms with E-state index in [9.17, 15) is 4.79 Å². The van der Waals surface area contributed by atoms with Gasteiger partial charge in [-0.25, -0.2) is 20.8 Å². The Balaban J connectivity index is 1.16. The molecule has 7 nitrogen and oxygen atoms in total. The third-order valence-corrected chi connectivity index (χ3v) is 7.44. The Kier molecular flexibility index (Phi) is 6.34. The molecule has 1 amide bonds. The Labute approximate surface area is 196 Å². The molecule has 0 spiro atoms. The first-order chi connectivity index (χ1) is 16.0. The molecule has 3 heterocycles. The summed E-state index contributed by atoms with van der Waals surface area (Å²) in [5, 5.41) is 3.30. The van der Waals surface area contributed by atoms with Crippen LogP contribution in [0.4, 0.5) is 5.82 Å². The number of fused-ring (bicyclic) bond motifs is 1. The van der Waals surface area contributed by atoms with Crippen LogP contribution in [0, 0.1) is 20.8 Å². The van der Waals surface area contributed by atoms with Gasteiger partial charge >= 0.3 is 0 Å². The maximum atomic E-state index is 13.0. The van der Waals surface area contributed by atoms with Gasteiger partial charge < -0.3 is 10.2 Å². The zero-order chi connectivity index (χ0) is 22.9. The first-order valence-corrected chi connectivity index (χ1v) is 12.5. The molecule has 1 aromatic heterocycles. The van der Waals surface area contributed by atoms with E-state index in [1.807, 2.05) is 6.92 Å². The van der Waals surface area contributed by atoms with Crippen LogP contribution in [0.15, 0.2) is 18.2 Å². The van der Waals surface area contributed by atoms with Crippen molar-refractivity contribution in [2.24, 2.45) is 0 Å². The topological polar surface area (TPSA) is 82.2 Å². The lowest BCUT2D eigenvalue weighted by Gasteiger charge is -2.35. The van der Waals surface area contributed by atoms with E-state index >= 15 is 0 Å². The summed E-state index contributed by atoms with van der Waals surface area (Å²) < 4.78 is 0. The van der Waals surface area contributed by atoms with Crippen molar-refractivity contribution in [2.75, 3.05) is 18.0 Å². The van der Waals surface area contributed by atoms with E-state index in [2.05, 4.69) is 53.1 Å². The van der Waals surface area contributed by atoms with Crippen molar-refractivity contribution in [3.63, 3.8) is 0 Å². The van der Waals surface area contributed by atoms with Crippen molar-refractivity contribution in [3.8, 4) is 0 Å². The number of amides is 1. The van der Waals surface area contributed by atoms with E-state index in [0.717, 1.165) is 56.8 Å². The number of hydrogen-bond acceptors (Lipinski definition) is 6. The van der Waals surface area contributed by atoms with Crippen molar-refractivity contribution < 1.29 is 4.79 Å². The molecule has 2 unspecified atom stereocenters. The SMILES string of the molecule is Cc1ccc(C)c(C2CC(C(=O)NC3CCN(c4nc(C)nc5c4CCCC5)CC3)NN2)c1. The molecular weight excluding hydrogens is 412 g/mol. The van der Waals surface area contributed by atoms with Gasteiger partial charge in [-0.3, -0.25) is 4.79 Å². The molecule has 2 atom stereocenters. The second-order valence-electron chi connectivity index (χ2n) is 9.99. The molecule has 2 aliphatic heterocycles. The lowest BCUT2D eigenvalue weighted by Crippen LogP contribution is -2.50. The monoisotopic (exact) mass is 448 g/mol. The van der Waals surface area contributed by atoms with E-state index in [4.69, 9.17) is 9.97 Å². The Hall–Kier alpha value is -2.51. The van der Waals surface area contributed by atoms with Gasteiger partial charge in [-0.05, 0) is 76.8 Å². The van der Waals surface area contributed by atoms with Crippen LogP contribution in [-0.2, 0) is 17.6 Å². The highest BCUT2D eigenvalue weighted by atomic mass is 16.2. The van der Waals surface area contributed by atoms with Crippen molar-refractivity contribution >= 4 is 11.7 Å². The van der Waals surface area contributed by atoms with Crippen LogP contribution in [0.3, 0.4) is 0 Å². The minimum Gasteiger partial charge on any atom is -0.356 e. The van der Waals surface area contributed by atoms with E-state index in [1.54, 1.807) is 0 Å². The van der Waals surface area contributed by atoms with Crippen LogP contribution < -0.4 is 21.1 Å². The van der Waals surface area contributed by atoms with E-state index in [0.29, 0.717) is 0 Å². The van der Waals surface area contributed by atoms with Gasteiger partial charge in [-0.2, -0.15) is 0 Å². The average molecular weight is 449 g/mol. The average Bonchev–Trinajstić information content (AvgIpc) is 3.31. The number of hydrazine groups is 1. The van der Waals surface area contributed by atoms with Crippen LogP contribution in [0.2, 0.25) is 0 Å². The molecule has 0 saturated carbocycles. The van der Waals surface area contributed by atoms with Crippen molar-refractivity contribution in [3.05, 3.63) is 52.0 Å². The number of nitrogens with one attached hydrogen (secondary N) is 3. The Morgan fingerprint density at radius 3 is 2.67 bits per heavy atom. The Bertz CT molecular complexity index is 1030. The normalized spacial score (nSPS) is 23.4. The summed E-state index contributed by atoms with van der Waals surface area (Å²) in [6.07, 6.45) is 7.28. The molecule has 3 aliphatic rings. The quantitative estimate of drug-likeness (QED) is 0.667. The highest BCUT2D eigenvalue weighted by Crippen LogP contribution is 2.30. The molecule has 176 valence electrons. The molecule has 3 N–H and O–H groups in total. The highest BCUT2D eigenvalue weighted by Gasteiger charge is 2.33. The highest BCUT2D eigenvalue weighted by molar-refractivity contribution is 5.82. The maximum absolute atomic E-state index is 13.0. The number of piperidine rings is 1. The number of hydrogen-bond donors (Lipinski definition) is 3. The molecule has 0 bridgehead atoms. The molecule has 7 heteroatoms. The van der Waals surface area contributed by atoms with Gasteiger partial charge in [0, 0.05) is 36.4 Å². The zero-order valence-electron chi connectivity index (χ0n) is 20.1. The summed E-state index contributed by atoms with van der Waals surface area (Å²) >= 11 is 0. The molecule has 2 fully saturated rings. The zero-order valence-corrected chi connectivity index (χ0v) is 20.1. The molecule has 1 aromatic carbocycles. The van der Waals surface area contributed by atoms with E-state index < -0.39 is 0 Å². The van der Waals surface area contributed by atoms with Gasteiger partial charge in [0.25, 0.3) is 0 Å². The van der Waals surface area contributed by atoms with Gasteiger partial charge in [0.2, 0.25) is 5.91 Å². The summed E-state index contributed by atoms with van der Waals surface area (Å²) in [5.41, 5.74) is 12.9. The molecule has 5 rings (SSSR count). The first kappa shape index (κ1) is 22.3. The van der Waals surface area contributed by atoms with Crippen LogP contribution in [0.1, 0.15) is 71.9 Å². The van der Waals surface area contributed by atoms with Gasteiger partial charge in [0.05, 0.1) is 0 Å². The van der Waals surface area contributed by atoms with Crippen LogP contribution in [0.5, 0.6) is 0 Å². The van der Waals surface area contributed by atoms with Gasteiger partial charge in [0.15, 0.2) is 0 Å². The minimum atomic E-state index is -0.204. The minimum absolute atomic E-state index is 0.101. The Morgan fingerprint density at radius 1 is 1.06 bits per heavy atom. The predicted molar refractivity (Wildman–Crippen MR) is 130 cm³/mol. The van der Waals surface area contributed by atoms with Gasteiger partial charge in [-0.1, -0.05) is 23.8 Å². The number of anilines is 1. The molecule has 2 saturated heterocycles. The fourth-order valence-electron chi connectivity index (χ4n) is 5.56. The molecule has 0 radical (unpaired) electrons. The molecule has 2 aromatic rings. The maximum Gasteiger partial charge on any atom is 0.238 e. The van der Waals surface area contributed by atoms with Gasteiger partial charge in [0.1, 0.15) is 17.7 Å². The van der Waals surface area contributed by atoms with E-state index in [-0.39, 0.29) is 24.0 Å². The molecule has 33 heavy (non-hydrogen) atoms. The standard InChI is InChI=1S/C26H36N6O/c1-16-8-9-17(2)21(14-16)23-15-24(31-30-23)26(33)29-19-10-12-32(13-11-19)25-20-6-4-5-7-22(20)27-18(3)28-25/h8-9,14,19,23-24,30-31H,4-7,10-13,15H2,1-3H3,(H,29,33). The predicted octanol–water partition coefficient (Wildman–Crippen LogP) is 2.97. The smallest absolute Gasteiger partial charge is 0.238 e. The Morgan fingerprint density at radius 2 is 1.85 bits per heavy atom. The number of carbonyl (C=O) groups is 1. The second-order valence-corrected chi connectivity index (χ2v) is 9.99. The fourth-order valence-corrected chi connectivity index (χ4v) is 5.56. The lowest BCUT2D eigenvalue weighted by atomic mass is 9.95. The van der Waals surface area contributed by atoms with Crippen molar-refractivity contribution in [1.29, 1.82) is 0 Å². The third-order valence-electron chi connectivity index (χ3n) is 7.44. The summed E-state index contributed by atoms with van der Waals surface area (Å²) in [6.45, 7) is 8.10. The van der Waals surface area contributed by atoms with E-state index in [1.165, 1.54) is 40.8 Å². The number of nitrogens with zero attached hydrogens (tertiary/aromatic N) is 3. The molecule has 1 aliphatic carbocycles. The number of aromatic nitrogens is 2. The fraction of sp³-hybridized carbons (Fsp3) is 0.577. The summed E-state index contributed by atoms with van der Waals surface area (Å²) in [7, 11) is 0. The van der Waals surface area contributed by atoms with Crippen LogP contribution >= 0.6 is 0 Å². The third kappa shape index (κ3) is 4.75. The summed E-state index contributed by atoms with van der Waals surface area (Å²) in [4.78, 5) is 24.9. The number of benzene rings is 1. The second kappa shape index (κ2) is 9.39. The molecular formula is C26H36N6O. The number of carbonyl (C=O) groups excluding carboxylic acids is 1. The number of rotatable bonds is 4. The lowest BCUT2D eigenvalue weighted by molar-refractivity contribution is -0.123. The first-order valence-electron chi connectivity index (χ1n) is 12.5. The largest absolute Gasteiger partial charge is 0.356 e.